The van der Waals surface area contributed by atoms with E-state index in [2.05, 4.69) is 0 Å². The van der Waals surface area contributed by atoms with Gasteiger partial charge in [0.05, 0.1) is 12.2 Å². The van der Waals surface area contributed by atoms with Crippen molar-refractivity contribution in [3.8, 4) is 0 Å². The Morgan fingerprint density at radius 3 is 2.70 bits per heavy atom. The minimum Gasteiger partial charge on any atom is -0.386 e. The maximum absolute atomic E-state index is 13.2. The van der Waals surface area contributed by atoms with Gasteiger partial charge < -0.3 is 14.7 Å². The van der Waals surface area contributed by atoms with Crippen molar-refractivity contribution in [1.29, 1.82) is 0 Å². The first-order chi connectivity index (χ1) is 9.29. The first-order valence-corrected chi connectivity index (χ1v) is 6.14. The van der Waals surface area contributed by atoms with Gasteiger partial charge in [0.15, 0.2) is 0 Å². The number of ether oxygens (including phenoxy) is 1. The maximum Gasteiger partial charge on any atom is 0.419 e. The number of aliphatic hydroxyl groups is 1. The van der Waals surface area contributed by atoms with E-state index in [9.17, 15) is 22.7 Å². The van der Waals surface area contributed by atoms with E-state index in [1.54, 1.807) is 0 Å². The molecule has 1 saturated heterocycles. The summed E-state index contributed by atoms with van der Waals surface area (Å²) >= 11 is 0. The summed E-state index contributed by atoms with van der Waals surface area (Å²) < 4.78 is 56.5. The van der Waals surface area contributed by atoms with Crippen LogP contribution in [0.4, 0.5) is 17.6 Å². The van der Waals surface area contributed by atoms with Gasteiger partial charge in [0.2, 0.25) is 0 Å². The first-order valence-electron chi connectivity index (χ1n) is 6.14. The molecular weight excluding hydrogens is 278 g/mol. The zero-order valence-electron chi connectivity index (χ0n) is 10.8. The van der Waals surface area contributed by atoms with Gasteiger partial charge in [-0.15, -0.1) is 0 Å². The molecule has 0 spiro atoms. The molecule has 0 aliphatic carbocycles. The molecule has 0 aromatic heterocycles. The highest BCUT2D eigenvalue weighted by molar-refractivity contribution is 5.29. The van der Waals surface area contributed by atoms with Gasteiger partial charge in [-0.25, -0.2) is 4.39 Å². The average Bonchev–Trinajstić information content (AvgIpc) is 2.37. The highest BCUT2D eigenvalue weighted by Gasteiger charge is 2.35. The van der Waals surface area contributed by atoms with E-state index in [0.29, 0.717) is 31.8 Å². The van der Waals surface area contributed by atoms with Crippen LogP contribution in [-0.4, -0.2) is 42.9 Å². The van der Waals surface area contributed by atoms with Gasteiger partial charge in [-0.2, -0.15) is 13.2 Å². The number of morpholine rings is 1. The van der Waals surface area contributed by atoms with Gasteiger partial charge in [0.1, 0.15) is 18.0 Å². The summed E-state index contributed by atoms with van der Waals surface area (Å²) in [6.45, 7) is 1.49. The molecule has 0 saturated carbocycles. The van der Waals surface area contributed by atoms with Crippen LogP contribution in [0, 0.1) is 5.82 Å². The summed E-state index contributed by atoms with van der Waals surface area (Å²) in [4.78, 5) is 1.91. The van der Waals surface area contributed by atoms with Crippen LogP contribution < -0.4 is 0 Å². The second kappa shape index (κ2) is 5.67. The Balaban J connectivity index is 2.24. The lowest BCUT2D eigenvalue weighted by Crippen LogP contribution is -2.43. The summed E-state index contributed by atoms with van der Waals surface area (Å²) in [5.41, 5.74) is -1.38. The molecule has 20 heavy (non-hydrogen) atoms. The van der Waals surface area contributed by atoms with Crippen molar-refractivity contribution in [3.05, 3.63) is 35.1 Å². The molecule has 1 aromatic carbocycles. The van der Waals surface area contributed by atoms with Crippen LogP contribution in [0.1, 0.15) is 17.2 Å². The lowest BCUT2D eigenvalue weighted by molar-refractivity contribution is -0.140. The number of nitrogens with zero attached hydrogens (tertiary/aromatic N) is 1. The van der Waals surface area contributed by atoms with E-state index in [1.807, 2.05) is 11.9 Å². The molecule has 1 heterocycles. The van der Waals surface area contributed by atoms with E-state index in [1.165, 1.54) is 0 Å². The SMILES string of the molecule is CN1CCOC(C(O)c2ccc(F)c(C(F)(F)F)c2)C1. The molecule has 1 aliphatic heterocycles. The third-order valence-corrected chi connectivity index (χ3v) is 3.29. The van der Waals surface area contributed by atoms with E-state index in [-0.39, 0.29) is 5.56 Å². The number of hydrogen-bond donors (Lipinski definition) is 1. The third kappa shape index (κ3) is 3.28. The second-order valence-corrected chi connectivity index (χ2v) is 4.85. The highest BCUT2D eigenvalue weighted by atomic mass is 19.4. The fourth-order valence-corrected chi connectivity index (χ4v) is 2.16. The van der Waals surface area contributed by atoms with E-state index < -0.39 is 29.8 Å². The summed E-state index contributed by atoms with van der Waals surface area (Å²) in [6, 6.07) is 2.50. The monoisotopic (exact) mass is 293 g/mol. The predicted octanol–water partition coefficient (Wildman–Crippen LogP) is 2.21. The largest absolute Gasteiger partial charge is 0.419 e. The van der Waals surface area contributed by atoms with E-state index in [0.717, 1.165) is 6.07 Å². The molecule has 1 aliphatic rings. The van der Waals surface area contributed by atoms with Gasteiger partial charge in [-0.1, -0.05) is 6.07 Å². The number of halogens is 4. The number of aliphatic hydroxyl groups excluding tert-OH is 1. The second-order valence-electron chi connectivity index (χ2n) is 4.85. The molecule has 0 bridgehead atoms. The number of likely N-dealkylation sites (N-methyl/N-ethyl adjacent to an activating group) is 1. The molecule has 1 aromatic rings. The summed E-state index contributed by atoms with van der Waals surface area (Å²) in [6.07, 6.45) is -6.64. The summed E-state index contributed by atoms with van der Waals surface area (Å²) in [5.74, 6) is -1.35. The molecule has 112 valence electrons. The molecule has 1 fully saturated rings. The Kier molecular flexibility index (Phi) is 4.31. The van der Waals surface area contributed by atoms with Crippen molar-refractivity contribution in [1.82, 2.24) is 4.90 Å². The van der Waals surface area contributed by atoms with Crippen molar-refractivity contribution in [2.75, 3.05) is 26.7 Å². The number of hydrogen-bond acceptors (Lipinski definition) is 3. The van der Waals surface area contributed by atoms with Crippen molar-refractivity contribution >= 4 is 0 Å². The lowest BCUT2D eigenvalue weighted by atomic mass is 10.0. The molecule has 0 radical (unpaired) electrons. The Morgan fingerprint density at radius 1 is 1.40 bits per heavy atom. The smallest absolute Gasteiger partial charge is 0.386 e. The standard InChI is InChI=1S/C13H15F4NO2/c1-18-4-5-20-11(7-18)12(19)8-2-3-10(14)9(6-8)13(15,16)17/h2-3,6,11-12,19H,4-5,7H2,1H3. The van der Waals surface area contributed by atoms with Crippen LogP contribution in [0.5, 0.6) is 0 Å². The minimum absolute atomic E-state index is 0.000903. The highest BCUT2D eigenvalue weighted by Crippen LogP contribution is 2.34. The quantitative estimate of drug-likeness (QED) is 0.849. The predicted molar refractivity (Wildman–Crippen MR) is 63.6 cm³/mol. The zero-order chi connectivity index (χ0) is 14.9. The van der Waals surface area contributed by atoms with E-state index in [4.69, 9.17) is 4.74 Å². The molecular formula is C13H15F4NO2. The van der Waals surface area contributed by atoms with E-state index >= 15 is 0 Å². The van der Waals surface area contributed by atoms with Gasteiger partial charge in [-0.05, 0) is 24.7 Å². The topological polar surface area (TPSA) is 32.7 Å². The van der Waals surface area contributed by atoms with Crippen LogP contribution in [0.25, 0.3) is 0 Å². The molecule has 2 rings (SSSR count). The van der Waals surface area contributed by atoms with Crippen LogP contribution in [0.2, 0.25) is 0 Å². The molecule has 1 N–H and O–H groups in total. The fraction of sp³-hybridized carbons (Fsp3) is 0.538. The molecule has 2 atom stereocenters. The van der Waals surface area contributed by atoms with Crippen molar-refractivity contribution in [2.45, 2.75) is 18.4 Å². The average molecular weight is 293 g/mol. The minimum atomic E-state index is -4.79. The molecule has 2 unspecified atom stereocenters. The number of alkyl halides is 3. The Bertz CT molecular complexity index is 478. The zero-order valence-corrected chi connectivity index (χ0v) is 10.8. The van der Waals surface area contributed by atoms with Crippen LogP contribution in [-0.2, 0) is 10.9 Å². The number of rotatable bonds is 2. The van der Waals surface area contributed by atoms with Crippen LogP contribution in [0.15, 0.2) is 18.2 Å². The van der Waals surface area contributed by atoms with Gasteiger partial charge in [0.25, 0.3) is 0 Å². The lowest BCUT2D eigenvalue weighted by Gasteiger charge is -2.33. The normalized spacial score (nSPS) is 22.8. The molecule has 7 heteroatoms. The summed E-state index contributed by atoms with van der Waals surface area (Å²) in [5, 5.41) is 10.1. The fourth-order valence-electron chi connectivity index (χ4n) is 2.16. The summed E-state index contributed by atoms with van der Waals surface area (Å²) in [7, 11) is 1.83. The van der Waals surface area contributed by atoms with Gasteiger partial charge in [0, 0.05) is 13.1 Å². The van der Waals surface area contributed by atoms with Crippen LogP contribution >= 0.6 is 0 Å². The molecule has 0 amide bonds. The number of benzene rings is 1. The Labute approximate surface area is 113 Å². The Morgan fingerprint density at radius 2 is 2.10 bits per heavy atom. The van der Waals surface area contributed by atoms with Crippen LogP contribution in [0.3, 0.4) is 0 Å². The maximum atomic E-state index is 13.2. The third-order valence-electron chi connectivity index (χ3n) is 3.29. The Hall–Kier alpha value is -1.18. The van der Waals surface area contributed by atoms with Crippen molar-refractivity contribution in [3.63, 3.8) is 0 Å². The first kappa shape index (κ1) is 15.2. The van der Waals surface area contributed by atoms with Crippen molar-refractivity contribution < 1.29 is 27.4 Å². The van der Waals surface area contributed by atoms with Gasteiger partial charge in [-0.3, -0.25) is 0 Å². The van der Waals surface area contributed by atoms with Crippen molar-refractivity contribution in [2.24, 2.45) is 0 Å². The van der Waals surface area contributed by atoms with Gasteiger partial charge >= 0.3 is 6.18 Å². The molecule has 3 nitrogen and oxygen atoms in total.